The predicted molar refractivity (Wildman–Crippen MR) is 58.8 cm³/mol. The first-order valence-electron chi connectivity index (χ1n) is 5.07. The van der Waals surface area contributed by atoms with Crippen molar-refractivity contribution >= 4 is 16.5 Å². The highest BCUT2D eigenvalue weighted by Gasteiger charge is 2.18. The first kappa shape index (κ1) is 9.86. The average Bonchev–Trinajstić information content (AvgIpc) is 2.59. The molecule has 5 heteroatoms. The molecule has 0 aliphatic carbocycles. The number of hydrogen-bond donors (Lipinski definition) is 1. The van der Waals surface area contributed by atoms with E-state index in [1.807, 2.05) is 0 Å². The minimum Gasteiger partial charge on any atom is -0.347 e. The molecule has 1 aliphatic rings. The van der Waals surface area contributed by atoms with E-state index < -0.39 is 0 Å². The van der Waals surface area contributed by atoms with Gasteiger partial charge in [-0.1, -0.05) is 11.3 Å². The second-order valence-electron chi connectivity index (χ2n) is 3.67. The molecule has 1 aromatic rings. The van der Waals surface area contributed by atoms with Gasteiger partial charge < -0.3 is 10.2 Å². The van der Waals surface area contributed by atoms with E-state index in [9.17, 15) is 0 Å². The molecule has 1 aromatic heterocycles. The third kappa shape index (κ3) is 2.22. The van der Waals surface area contributed by atoms with Crippen LogP contribution < -0.4 is 10.2 Å². The summed E-state index contributed by atoms with van der Waals surface area (Å²) in [5, 5.41) is 12.4. The monoisotopic (exact) mass is 212 g/mol. The van der Waals surface area contributed by atoms with Crippen LogP contribution in [0.15, 0.2) is 5.51 Å². The van der Waals surface area contributed by atoms with Gasteiger partial charge in [-0.2, -0.15) is 0 Å². The van der Waals surface area contributed by atoms with Crippen molar-refractivity contribution in [1.82, 2.24) is 15.5 Å². The van der Waals surface area contributed by atoms with Crippen molar-refractivity contribution in [2.45, 2.75) is 25.3 Å². The van der Waals surface area contributed by atoms with Crippen LogP contribution in [0.2, 0.25) is 0 Å². The van der Waals surface area contributed by atoms with Crippen LogP contribution in [0.4, 0.5) is 5.13 Å². The van der Waals surface area contributed by atoms with Crippen LogP contribution in [0.25, 0.3) is 0 Å². The van der Waals surface area contributed by atoms with Crippen molar-refractivity contribution < 1.29 is 0 Å². The summed E-state index contributed by atoms with van der Waals surface area (Å²) in [5.41, 5.74) is 1.79. The van der Waals surface area contributed by atoms with Gasteiger partial charge in [0.1, 0.15) is 5.51 Å². The normalized spacial score (nSPS) is 23.1. The molecule has 78 valence electrons. The molecule has 1 N–H and O–H groups in total. The van der Waals surface area contributed by atoms with Crippen LogP contribution in [-0.2, 0) is 0 Å². The Kier molecular flexibility index (Phi) is 3.31. The highest BCUT2D eigenvalue weighted by Crippen LogP contribution is 2.21. The molecule has 0 bridgehead atoms. The Balaban J connectivity index is 1.99. The van der Waals surface area contributed by atoms with E-state index in [0.29, 0.717) is 6.04 Å². The van der Waals surface area contributed by atoms with Crippen LogP contribution >= 0.6 is 11.3 Å². The van der Waals surface area contributed by atoms with Crippen molar-refractivity contribution in [3.63, 3.8) is 0 Å². The lowest BCUT2D eigenvalue weighted by Crippen LogP contribution is -2.32. The van der Waals surface area contributed by atoms with Crippen LogP contribution in [0.1, 0.15) is 19.3 Å². The van der Waals surface area contributed by atoms with Crippen LogP contribution in [0.3, 0.4) is 0 Å². The fourth-order valence-electron chi connectivity index (χ4n) is 1.87. The number of nitrogens with one attached hydrogen (secondary N) is 1. The summed E-state index contributed by atoms with van der Waals surface area (Å²) in [4.78, 5) is 2.27. The van der Waals surface area contributed by atoms with Gasteiger partial charge in [-0.05, 0) is 32.4 Å². The minimum absolute atomic E-state index is 0.623. The summed E-state index contributed by atoms with van der Waals surface area (Å²) in [6.07, 6.45) is 3.72. The summed E-state index contributed by atoms with van der Waals surface area (Å²) in [6.45, 7) is 2.27. The predicted octanol–water partition coefficient (Wildman–Crippen LogP) is 1.12. The van der Waals surface area contributed by atoms with E-state index in [-0.39, 0.29) is 0 Å². The first-order chi connectivity index (χ1) is 6.88. The lowest BCUT2D eigenvalue weighted by Gasteiger charge is -2.25. The Hall–Kier alpha value is -0.680. The molecule has 1 fully saturated rings. The Morgan fingerprint density at radius 2 is 2.43 bits per heavy atom. The van der Waals surface area contributed by atoms with Crippen molar-refractivity contribution in [2.24, 2.45) is 0 Å². The van der Waals surface area contributed by atoms with Crippen molar-refractivity contribution in [3.05, 3.63) is 5.51 Å². The van der Waals surface area contributed by atoms with Gasteiger partial charge in [0, 0.05) is 13.1 Å². The van der Waals surface area contributed by atoms with Crippen LogP contribution in [0, 0.1) is 0 Å². The molecular weight excluding hydrogens is 196 g/mol. The molecule has 1 saturated heterocycles. The second kappa shape index (κ2) is 4.70. The number of rotatable bonds is 2. The molecule has 1 aliphatic heterocycles. The highest BCUT2D eigenvalue weighted by atomic mass is 32.1. The second-order valence-corrected chi connectivity index (χ2v) is 4.48. The zero-order chi connectivity index (χ0) is 9.80. The summed E-state index contributed by atoms with van der Waals surface area (Å²) < 4.78 is 0. The third-order valence-corrected chi connectivity index (χ3v) is 3.52. The molecule has 0 radical (unpaired) electrons. The topological polar surface area (TPSA) is 41.1 Å². The van der Waals surface area contributed by atoms with Crippen molar-refractivity contribution in [3.8, 4) is 0 Å². The minimum atomic E-state index is 0.623. The van der Waals surface area contributed by atoms with Gasteiger partial charge in [0.25, 0.3) is 0 Å². The quantitative estimate of drug-likeness (QED) is 0.797. The number of nitrogens with zero attached hydrogens (tertiary/aromatic N) is 3. The van der Waals surface area contributed by atoms with Gasteiger partial charge in [0.2, 0.25) is 5.13 Å². The molecule has 0 spiro atoms. The Labute approximate surface area is 88.3 Å². The molecule has 1 atom stereocenters. The SMILES string of the molecule is CN(c1nncs1)C1CCCNCC1. The summed E-state index contributed by atoms with van der Waals surface area (Å²) in [7, 11) is 2.12. The highest BCUT2D eigenvalue weighted by molar-refractivity contribution is 7.13. The molecule has 14 heavy (non-hydrogen) atoms. The smallest absolute Gasteiger partial charge is 0.208 e. The van der Waals surface area contributed by atoms with E-state index in [1.54, 1.807) is 16.8 Å². The Morgan fingerprint density at radius 3 is 3.21 bits per heavy atom. The first-order valence-corrected chi connectivity index (χ1v) is 5.95. The van der Waals surface area contributed by atoms with Gasteiger partial charge in [-0.3, -0.25) is 0 Å². The average molecular weight is 212 g/mol. The van der Waals surface area contributed by atoms with E-state index in [0.717, 1.165) is 18.2 Å². The van der Waals surface area contributed by atoms with Gasteiger partial charge in [0.05, 0.1) is 0 Å². The van der Waals surface area contributed by atoms with E-state index in [2.05, 4.69) is 27.5 Å². The lowest BCUT2D eigenvalue weighted by atomic mass is 10.1. The number of hydrogen-bond acceptors (Lipinski definition) is 5. The molecule has 2 heterocycles. The number of anilines is 1. The maximum atomic E-state index is 4.10. The van der Waals surface area contributed by atoms with Crippen molar-refractivity contribution in [2.75, 3.05) is 25.0 Å². The molecule has 4 nitrogen and oxygen atoms in total. The molecule has 2 rings (SSSR count). The fourth-order valence-corrected chi connectivity index (χ4v) is 2.46. The molecule has 0 amide bonds. The third-order valence-electron chi connectivity index (χ3n) is 2.74. The molecule has 0 aromatic carbocycles. The zero-order valence-electron chi connectivity index (χ0n) is 8.44. The molecular formula is C9H16N4S. The summed E-state index contributed by atoms with van der Waals surface area (Å²) in [5.74, 6) is 0. The van der Waals surface area contributed by atoms with Gasteiger partial charge in [0.15, 0.2) is 0 Å². The zero-order valence-corrected chi connectivity index (χ0v) is 9.26. The van der Waals surface area contributed by atoms with E-state index >= 15 is 0 Å². The molecule has 0 saturated carbocycles. The number of aromatic nitrogens is 2. The standard InChI is InChI=1S/C9H16N4S/c1-13(9-12-11-7-14-9)8-3-2-5-10-6-4-8/h7-8,10H,2-6H2,1H3. The Morgan fingerprint density at radius 1 is 1.50 bits per heavy atom. The fraction of sp³-hybridized carbons (Fsp3) is 0.778. The Bertz CT molecular complexity index is 254. The van der Waals surface area contributed by atoms with E-state index in [4.69, 9.17) is 0 Å². The van der Waals surface area contributed by atoms with E-state index in [1.165, 1.54) is 19.3 Å². The largest absolute Gasteiger partial charge is 0.347 e. The van der Waals surface area contributed by atoms with Gasteiger partial charge >= 0.3 is 0 Å². The summed E-state index contributed by atoms with van der Waals surface area (Å²) in [6, 6.07) is 0.623. The van der Waals surface area contributed by atoms with Crippen LogP contribution in [0.5, 0.6) is 0 Å². The van der Waals surface area contributed by atoms with Crippen LogP contribution in [-0.4, -0.2) is 36.4 Å². The lowest BCUT2D eigenvalue weighted by molar-refractivity contribution is 0.564. The van der Waals surface area contributed by atoms with Gasteiger partial charge in [-0.25, -0.2) is 0 Å². The maximum Gasteiger partial charge on any atom is 0.208 e. The summed E-state index contributed by atoms with van der Waals surface area (Å²) >= 11 is 1.61. The maximum absolute atomic E-state index is 4.10. The molecule has 1 unspecified atom stereocenters. The van der Waals surface area contributed by atoms with Gasteiger partial charge in [-0.15, -0.1) is 10.2 Å². The van der Waals surface area contributed by atoms with Crippen molar-refractivity contribution in [1.29, 1.82) is 0 Å².